The van der Waals surface area contributed by atoms with Crippen molar-refractivity contribution in [2.75, 3.05) is 31.9 Å². The summed E-state index contributed by atoms with van der Waals surface area (Å²) < 4.78 is 3.74. The van der Waals surface area contributed by atoms with Crippen molar-refractivity contribution in [3.8, 4) is 0 Å². The third-order valence-corrected chi connectivity index (χ3v) is 57.0. The molecule has 0 saturated heterocycles. The van der Waals surface area contributed by atoms with Crippen LogP contribution >= 0.6 is 53.1 Å². The molecular formula is C60H51N6O6S6Sb3. The summed E-state index contributed by atoms with van der Waals surface area (Å²) in [7, 11) is 11.1. The number of carbonyl (C=O) groups is 6. The molecule has 21 heteroatoms. The summed E-state index contributed by atoms with van der Waals surface area (Å²) in [5.74, 6) is -1.83. The van der Waals surface area contributed by atoms with Gasteiger partial charge in [0.25, 0.3) is 0 Å². The van der Waals surface area contributed by atoms with E-state index in [-0.39, 0.29) is 35.4 Å². The Kier molecular flexibility index (Phi) is 25.1. The molecule has 6 N–H and O–H groups in total. The van der Waals surface area contributed by atoms with E-state index in [1.54, 1.807) is 0 Å². The van der Waals surface area contributed by atoms with Crippen LogP contribution in [-0.4, -0.2) is 87.7 Å². The molecule has 0 bridgehead atoms. The molecule has 7 rings (SSSR count). The summed E-state index contributed by atoms with van der Waals surface area (Å²) in [6.45, 7) is 21.6. The summed E-state index contributed by atoms with van der Waals surface area (Å²) in [6, 6.07) is 54.4. The molecule has 0 aliphatic carbocycles. The van der Waals surface area contributed by atoms with Gasteiger partial charge in [0.1, 0.15) is 0 Å². The van der Waals surface area contributed by atoms with E-state index < -0.39 is 52.2 Å². The molecule has 0 aliphatic heterocycles. The maximum atomic E-state index is 12.3. The quantitative estimate of drug-likeness (QED) is 0.0213. The second-order valence-electron chi connectivity index (χ2n) is 16.3. The van der Waals surface area contributed by atoms with E-state index in [1.807, 2.05) is 199 Å². The number of hydrogen-bond donors (Lipinski definition) is 6. The van der Waals surface area contributed by atoms with Crippen molar-refractivity contribution in [3.05, 3.63) is 240 Å². The number of anilines is 6. The Hall–Kier alpha value is -5.65. The molecule has 0 spiro atoms. The molecule has 0 atom stereocenters. The van der Waals surface area contributed by atoms with Gasteiger partial charge < -0.3 is 0 Å². The van der Waals surface area contributed by atoms with Crippen LogP contribution in [0, 0.1) is 0 Å². The number of amides is 6. The van der Waals surface area contributed by atoms with Crippen LogP contribution in [0.4, 0.5) is 34.1 Å². The van der Waals surface area contributed by atoms with Gasteiger partial charge in [-0.2, -0.15) is 0 Å². The van der Waals surface area contributed by atoms with Gasteiger partial charge in [-0.25, -0.2) is 0 Å². The van der Waals surface area contributed by atoms with Gasteiger partial charge in [0, 0.05) is 0 Å². The first-order valence-corrected chi connectivity index (χ1v) is 51.3. The van der Waals surface area contributed by atoms with Gasteiger partial charge in [0.05, 0.1) is 0 Å². The molecule has 408 valence electrons. The predicted octanol–water partition coefficient (Wildman–Crippen LogP) is 12.3. The number of nitrogens with one attached hydrogen (secondary N) is 6. The average molecular weight is 1510 g/mol. The van der Waals surface area contributed by atoms with E-state index in [0.717, 1.165) is 29.4 Å². The van der Waals surface area contributed by atoms with Crippen LogP contribution in [0.5, 0.6) is 0 Å². The van der Waals surface area contributed by atoms with Gasteiger partial charge in [0.15, 0.2) is 0 Å². The van der Waals surface area contributed by atoms with Gasteiger partial charge in [-0.1, -0.05) is 0 Å². The molecule has 81 heavy (non-hydrogen) atoms. The van der Waals surface area contributed by atoms with E-state index in [4.69, 9.17) is 0 Å². The predicted molar refractivity (Wildman–Crippen MR) is 349 cm³/mol. The summed E-state index contributed by atoms with van der Waals surface area (Å²) in [6.07, 6.45) is 7.42. The standard InChI is InChI=1S/6C9H9NOS.C6H3.3Sb/c6*1-2-9(11)10-7-3-5-8(12)6-4-7;1-2-4-6-5-3-1;;;/h6*2-6,12H,1H2,(H,10,11);1,4-5H;;;/q;;;;;;;3*+2/p-6. The van der Waals surface area contributed by atoms with Crippen LogP contribution in [0.2, 0.25) is 0 Å². The molecule has 0 aliphatic rings. The molecule has 12 nitrogen and oxygen atoms in total. The van der Waals surface area contributed by atoms with Gasteiger partial charge >= 0.3 is 515 Å². The van der Waals surface area contributed by atoms with E-state index in [2.05, 4.69) is 89.6 Å². The van der Waals surface area contributed by atoms with Crippen molar-refractivity contribution in [2.24, 2.45) is 0 Å². The Morgan fingerprint density at radius 3 is 0.519 bits per heavy atom. The Balaban J connectivity index is 1.42. The maximum absolute atomic E-state index is 12.3. The average Bonchev–Trinajstić information content (AvgIpc) is 3.50. The molecule has 7 aromatic rings. The fourth-order valence-electron chi connectivity index (χ4n) is 6.60. The SMILES string of the molecule is C=CC(=O)Nc1ccc([S][Sb]([S]c2ccc(NC(=O)C=C)cc2)[c]2c[c]([Sb]([S]c3ccc(NC(=O)C=C)cc3)[S]c3ccc(NC(=O)C=C)cc3)c[c]([Sb]([S]c3ccc(NC(=O)C=C)cc3)[S]c3ccc(NC(=O)C=C)cc3)c2)cc1. The van der Waals surface area contributed by atoms with Crippen LogP contribution in [0.15, 0.2) is 269 Å². The molecule has 0 unspecified atom stereocenters. The minimum atomic E-state index is -2.91. The van der Waals surface area contributed by atoms with Crippen molar-refractivity contribution in [1.82, 2.24) is 0 Å². The molecule has 0 saturated carbocycles. The normalized spacial score (nSPS) is 10.7. The van der Waals surface area contributed by atoms with Gasteiger partial charge in [-0.05, 0) is 0 Å². The van der Waals surface area contributed by atoms with Gasteiger partial charge in [-0.3, -0.25) is 0 Å². The van der Waals surface area contributed by atoms with Gasteiger partial charge in [-0.15, -0.1) is 0 Å². The number of rotatable bonds is 27. The first kappa shape index (κ1) is 62.9. The molecule has 0 fully saturated rings. The van der Waals surface area contributed by atoms with Gasteiger partial charge in [0.2, 0.25) is 0 Å². The fraction of sp³-hybridized carbons (Fsp3) is 0. The second kappa shape index (κ2) is 32.3. The number of benzene rings is 7. The minimum absolute atomic E-state index is 0.304. The fourth-order valence-corrected chi connectivity index (χ4v) is 56.3. The van der Waals surface area contributed by atoms with Crippen LogP contribution in [0.25, 0.3) is 0 Å². The molecule has 0 aromatic heterocycles. The van der Waals surface area contributed by atoms with E-state index >= 15 is 0 Å². The molecule has 0 heterocycles. The van der Waals surface area contributed by atoms with Crippen molar-refractivity contribution < 1.29 is 28.8 Å². The van der Waals surface area contributed by atoms with Crippen molar-refractivity contribution in [1.29, 1.82) is 0 Å². The summed E-state index contributed by atoms with van der Waals surface area (Å²) in [5.41, 5.74) is 3.89. The molecule has 7 aromatic carbocycles. The zero-order chi connectivity index (χ0) is 57.7. The summed E-state index contributed by atoms with van der Waals surface area (Å²) in [4.78, 5) is 80.0. The summed E-state index contributed by atoms with van der Waals surface area (Å²) in [5, 5.41) is 17.2. The van der Waals surface area contributed by atoms with Crippen LogP contribution < -0.4 is 42.4 Å². The van der Waals surface area contributed by atoms with E-state index in [9.17, 15) is 28.8 Å². The third-order valence-electron chi connectivity index (χ3n) is 10.5. The Morgan fingerprint density at radius 1 is 0.259 bits per heavy atom. The van der Waals surface area contributed by atoms with Crippen molar-refractivity contribution >= 4 is 185 Å². The molecule has 6 amide bonds. The topological polar surface area (TPSA) is 175 Å². The van der Waals surface area contributed by atoms with Crippen LogP contribution in [0.1, 0.15) is 0 Å². The zero-order valence-electron chi connectivity index (χ0n) is 43.0. The number of carbonyl (C=O) groups excluding carboxylic acids is 6. The monoisotopic (exact) mass is 1510 g/mol. The van der Waals surface area contributed by atoms with Crippen LogP contribution in [0.3, 0.4) is 0 Å². The molecular weight excluding hydrogens is 1460 g/mol. The van der Waals surface area contributed by atoms with E-state index in [1.165, 1.54) is 47.0 Å². The second-order valence-corrected chi connectivity index (χ2v) is 57.8. The first-order valence-electron chi connectivity index (χ1n) is 24.1. The van der Waals surface area contributed by atoms with Crippen LogP contribution in [-0.2, 0) is 28.8 Å². The molecule has 0 radical (unpaired) electrons. The Morgan fingerprint density at radius 2 is 0.395 bits per heavy atom. The Bertz CT molecular complexity index is 2890. The van der Waals surface area contributed by atoms with Crippen molar-refractivity contribution in [3.63, 3.8) is 0 Å². The number of hydrogen-bond acceptors (Lipinski definition) is 12. The summed E-state index contributed by atoms with van der Waals surface area (Å²) >= 11 is -8.73. The first-order chi connectivity index (χ1) is 39.2. The van der Waals surface area contributed by atoms with E-state index in [0.29, 0.717) is 34.1 Å². The van der Waals surface area contributed by atoms with Crippen molar-refractivity contribution in [2.45, 2.75) is 29.4 Å². The Labute approximate surface area is 509 Å². The third kappa shape index (κ3) is 20.3. The zero-order valence-corrected chi connectivity index (χ0v) is 55.6.